The predicted octanol–water partition coefficient (Wildman–Crippen LogP) is 10.5. The minimum atomic E-state index is -0.766. The summed E-state index contributed by atoms with van der Waals surface area (Å²) >= 11 is 0. The van der Waals surface area contributed by atoms with Gasteiger partial charge in [-0.1, -0.05) is 71.2 Å². The van der Waals surface area contributed by atoms with Gasteiger partial charge in [-0.05, 0) is 166 Å². The first-order valence-corrected chi connectivity index (χ1v) is 27.1. The van der Waals surface area contributed by atoms with Gasteiger partial charge in [0.05, 0.1) is 28.8 Å². The number of hydrogen-bond acceptors (Lipinski definition) is 7. The van der Waals surface area contributed by atoms with E-state index >= 15 is 9.59 Å². The van der Waals surface area contributed by atoms with E-state index in [2.05, 4.69) is 81.7 Å². The molecule has 2 aromatic heterocycles. The molecular weight excluding hydrogens is 849 g/mol. The summed E-state index contributed by atoms with van der Waals surface area (Å²) in [6.45, 7) is 20.3. The first kappa shape index (κ1) is 47.3. The van der Waals surface area contributed by atoms with Gasteiger partial charge in [0.15, 0.2) is 5.78 Å². The van der Waals surface area contributed by atoms with Crippen LogP contribution in [0.2, 0.25) is 0 Å². The van der Waals surface area contributed by atoms with Crippen LogP contribution in [0.1, 0.15) is 172 Å². The first-order valence-electron chi connectivity index (χ1n) is 27.1. The predicted molar refractivity (Wildman–Crippen MR) is 265 cm³/mol. The van der Waals surface area contributed by atoms with Crippen molar-refractivity contribution < 1.29 is 34.4 Å². The lowest BCUT2D eigenvalue weighted by Crippen LogP contribution is -2.69. The molecular formula is C59H82N2O7. The number of hydrogen-bond donors (Lipinski definition) is 4. The van der Waals surface area contributed by atoms with Crippen molar-refractivity contribution in [2.75, 3.05) is 19.8 Å². The van der Waals surface area contributed by atoms with Gasteiger partial charge in [0, 0.05) is 79.8 Å². The highest BCUT2D eigenvalue weighted by molar-refractivity contribution is 6.02. The van der Waals surface area contributed by atoms with E-state index < -0.39 is 39.5 Å². The minimum Gasteiger partial charge on any atom is -0.396 e. The van der Waals surface area contributed by atoms with E-state index in [4.69, 9.17) is 9.47 Å². The molecule has 4 saturated carbocycles. The maximum atomic E-state index is 15.5. The Labute approximate surface area is 405 Å². The minimum absolute atomic E-state index is 0.0698. The summed E-state index contributed by atoms with van der Waals surface area (Å²) < 4.78 is 14.3. The van der Waals surface area contributed by atoms with Crippen molar-refractivity contribution in [1.29, 1.82) is 0 Å². The van der Waals surface area contributed by atoms with Crippen molar-refractivity contribution in [3.63, 3.8) is 0 Å². The van der Waals surface area contributed by atoms with Crippen LogP contribution in [0.3, 0.4) is 0 Å². The molecule has 68 heavy (non-hydrogen) atoms. The average Bonchev–Trinajstić information content (AvgIpc) is 3.84. The number of nitrogens with zero attached hydrogens (tertiary/aromatic N) is 1. The monoisotopic (exact) mass is 931 g/mol. The molecule has 0 unspecified atom stereocenters. The number of aliphatic hydroxyl groups excluding tert-OH is 3. The second kappa shape index (κ2) is 16.5. The maximum absolute atomic E-state index is 15.5. The molecule has 4 N–H and O–H groups in total. The lowest BCUT2D eigenvalue weighted by molar-refractivity contribution is -0.233. The lowest BCUT2D eigenvalue weighted by atomic mass is 9.33. The molecule has 370 valence electrons. The molecule has 1 aromatic carbocycles. The summed E-state index contributed by atoms with van der Waals surface area (Å²) in [5, 5.41) is 36.2. The van der Waals surface area contributed by atoms with Crippen molar-refractivity contribution in [2.45, 2.75) is 194 Å². The number of carbonyl (C=O) groups excluding carboxylic acids is 2. The quantitative estimate of drug-likeness (QED) is 0.149. The Morgan fingerprint density at radius 2 is 1.69 bits per heavy atom. The number of nitrogens with one attached hydrogen (secondary N) is 1. The third-order valence-corrected chi connectivity index (χ3v) is 21.5. The molecule has 12 atom stereocenters. The van der Waals surface area contributed by atoms with Gasteiger partial charge in [0.2, 0.25) is 0 Å². The van der Waals surface area contributed by atoms with Crippen LogP contribution in [0.15, 0.2) is 41.7 Å². The van der Waals surface area contributed by atoms with Gasteiger partial charge in [0.1, 0.15) is 11.9 Å². The van der Waals surface area contributed by atoms with Crippen molar-refractivity contribution in [3.8, 4) is 0 Å². The molecule has 2 saturated heterocycles. The number of benzene rings is 1. The summed E-state index contributed by atoms with van der Waals surface area (Å²) in [6.07, 6.45) is 16.1. The molecule has 11 rings (SSSR count). The molecule has 0 bridgehead atoms. The number of ketones is 2. The van der Waals surface area contributed by atoms with Crippen LogP contribution in [0.25, 0.3) is 11.0 Å². The third-order valence-electron chi connectivity index (χ3n) is 21.5. The molecule has 9 heteroatoms. The maximum Gasteiger partial charge on any atom is 0.160 e. The Morgan fingerprint density at radius 3 is 2.40 bits per heavy atom. The summed E-state index contributed by atoms with van der Waals surface area (Å²) in [5.74, 6) is 0.872. The standard InChI is InChI=1S/C59H82N2O7/c1-34-24-35(26-39(25-34)36-17-22-67-23-18-36)27-40-32-61-33-42-46-47(55(4,29-44(64)53-54(2,3)68-53)19-15-38-31-60-48(40)49(38)61)43(63)30-58(46,7)57(6)20-16-45-56(5,51(57)50(42)65)28-37(12-11-21-62)52(66)59(45,8)41-13-9-10-14-41/h24-26,31-32,36-37,41-42,44-45,50-51,53,60,62,64-65H,9-23,27-30,33H2,1-8H3/t37-,42-,44-,45-,50-,51-,53-,55+,56-,57+,58+,59+/m1/s1. The molecule has 8 aliphatic rings. The summed E-state index contributed by atoms with van der Waals surface area (Å²) in [5.41, 5.74) is 7.90. The van der Waals surface area contributed by atoms with Crippen LogP contribution in [0.4, 0.5) is 0 Å². The number of H-pyrrole nitrogens is 1. The largest absolute Gasteiger partial charge is 0.396 e. The fourth-order valence-electron chi connectivity index (χ4n) is 18.3. The number of Topliss-reactive ketones (excluding diaryl/α,β-unsaturated/α-hetero) is 2. The second-order valence-corrected chi connectivity index (χ2v) is 25.8. The van der Waals surface area contributed by atoms with Crippen LogP contribution >= 0.6 is 0 Å². The Bertz CT molecular complexity index is 2520. The average molecular weight is 931 g/mol. The van der Waals surface area contributed by atoms with Crippen molar-refractivity contribution in [1.82, 2.24) is 9.55 Å². The third kappa shape index (κ3) is 6.98. The van der Waals surface area contributed by atoms with Gasteiger partial charge in [0.25, 0.3) is 0 Å². The second-order valence-electron chi connectivity index (χ2n) is 25.8. The summed E-state index contributed by atoms with van der Waals surface area (Å²) in [6, 6.07) is 7.12. The van der Waals surface area contributed by atoms with Gasteiger partial charge in [-0.2, -0.15) is 0 Å². The molecule has 0 spiro atoms. The fourth-order valence-corrected chi connectivity index (χ4v) is 18.3. The van der Waals surface area contributed by atoms with Crippen LogP contribution < -0.4 is 0 Å². The SMILES string of the molecule is Cc1cc(Cc2cn3c4c(c[nH]c24)CC[C@@](C)(C[C@@H](O)[C@H]2OC2(C)C)C2=C4[C@@H](C3)[C@@H](O)[C@@H]3[C@]5(C)C[C@@H](CCCO)C(=O)[C@@](C)(C6CCCC6)[C@@H]5CC[C@]3(C)[C@@]4(C)CC2=O)cc(C2CCOCC2)c1. The Balaban J connectivity index is 1.07. The summed E-state index contributed by atoms with van der Waals surface area (Å²) in [7, 11) is 0. The number of carbonyl (C=O) groups is 2. The van der Waals surface area contributed by atoms with E-state index in [9.17, 15) is 15.3 Å². The van der Waals surface area contributed by atoms with Crippen molar-refractivity contribution in [2.24, 2.45) is 56.7 Å². The highest BCUT2D eigenvalue weighted by Crippen LogP contribution is 2.77. The molecule has 0 radical (unpaired) electrons. The van der Waals surface area contributed by atoms with Crippen LogP contribution in [0, 0.1) is 63.6 Å². The first-order chi connectivity index (χ1) is 32.3. The number of aliphatic hydroxyl groups is 3. The lowest BCUT2D eigenvalue weighted by Gasteiger charge is -2.71. The fraction of sp³-hybridized carbons (Fsp3) is 0.729. The topological polar surface area (TPSA) is 137 Å². The van der Waals surface area contributed by atoms with Crippen molar-refractivity contribution in [3.05, 3.63) is 69.6 Å². The van der Waals surface area contributed by atoms with Crippen LogP contribution in [-0.4, -0.2) is 80.2 Å². The number of aromatic nitrogens is 2. The van der Waals surface area contributed by atoms with E-state index in [1.165, 1.54) is 33.3 Å². The van der Waals surface area contributed by atoms with E-state index in [1.807, 2.05) is 13.8 Å². The Morgan fingerprint density at radius 1 is 0.956 bits per heavy atom. The van der Waals surface area contributed by atoms with E-state index in [0.29, 0.717) is 62.7 Å². The molecule has 5 aliphatic carbocycles. The number of fused-ring (bicyclic) bond motifs is 4. The highest BCUT2D eigenvalue weighted by atomic mass is 16.6. The van der Waals surface area contributed by atoms with Gasteiger partial charge in [-0.3, -0.25) is 9.59 Å². The molecule has 0 amide bonds. The van der Waals surface area contributed by atoms with Gasteiger partial charge < -0.3 is 34.3 Å². The summed E-state index contributed by atoms with van der Waals surface area (Å²) in [4.78, 5) is 34.4. The van der Waals surface area contributed by atoms with Crippen molar-refractivity contribution >= 4 is 22.6 Å². The number of aromatic amines is 1. The Hall–Kier alpha value is -3.08. The Kier molecular flexibility index (Phi) is 11.5. The van der Waals surface area contributed by atoms with E-state index in [0.717, 1.165) is 94.1 Å². The van der Waals surface area contributed by atoms with Gasteiger partial charge >= 0.3 is 0 Å². The molecule has 3 aliphatic heterocycles. The number of rotatable bonds is 10. The normalized spacial score (nSPS) is 39.8. The number of aryl methyl sites for hydroxylation is 2. The van der Waals surface area contributed by atoms with Crippen LogP contribution in [-0.2, 0) is 38.4 Å². The number of allylic oxidation sites excluding steroid dienone is 1. The van der Waals surface area contributed by atoms with Crippen LogP contribution in [0.5, 0.6) is 0 Å². The van der Waals surface area contributed by atoms with E-state index in [1.54, 1.807) is 0 Å². The highest BCUT2D eigenvalue weighted by Gasteiger charge is 2.74. The smallest absolute Gasteiger partial charge is 0.160 e. The molecule has 5 heterocycles. The number of ether oxygens (including phenoxy) is 2. The zero-order valence-corrected chi connectivity index (χ0v) is 42.6. The van der Waals surface area contributed by atoms with Gasteiger partial charge in [-0.15, -0.1) is 0 Å². The zero-order valence-electron chi connectivity index (χ0n) is 42.6. The molecule has 6 fully saturated rings. The van der Waals surface area contributed by atoms with Gasteiger partial charge in [-0.25, -0.2) is 0 Å². The number of epoxide rings is 1. The van der Waals surface area contributed by atoms with E-state index in [-0.39, 0.29) is 47.6 Å². The zero-order chi connectivity index (χ0) is 47.9. The molecule has 3 aromatic rings. The molecule has 9 nitrogen and oxygen atoms in total.